The maximum absolute atomic E-state index is 12.5. The van der Waals surface area contributed by atoms with Gasteiger partial charge in [0.15, 0.2) is 0 Å². The third-order valence-electron chi connectivity index (χ3n) is 5.06. The summed E-state index contributed by atoms with van der Waals surface area (Å²) in [6, 6.07) is 9.98. The van der Waals surface area contributed by atoms with Crippen molar-refractivity contribution in [3.05, 3.63) is 47.5 Å². The molecule has 1 aromatic heterocycles. The Bertz CT molecular complexity index is 710. The summed E-state index contributed by atoms with van der Waals surface area (Å²) in [6.07, 6.45) is 2.45. The molecule has 0 bridgehead atoms. The minimum atomic E-state index is 0. The van der Waals surface area contributed by atoms with Gasteiger partial charge in [-0.1, -0.05) is 30.3 Å². The van der Waals surface area contributed by atoms with Crippen LogP contribution >= 0.6 is 12.4 Å². The van der Waals surface area contributed by atoms with Crippen molar-refractivity contribution in [1.29, 1.82) is 0 Å². The van der Waals surface area contributed by atoms with Crippen molar-refractivity contribution in [2.45, 2.75) is 38.3 Å². The van der Waals surface area contributed by atoms with E-state index in [-0.39, 0.29) is 18.3 Å². The first-order chi connectivity index (χ1) is 11.8. The van der Waals surface area contributed by atoms with E-state index in [1.807, 2.05) is 35.2 Å². The van der Waals surface area contributed by atoms with Crippen LogP contribution in [0, 0.1) is 0 Å². The number of amides is 1. The number of halogens is 1. The number of hydrogen-bond donors (Lipinski definition) is 1. The molecule has 1 aromatic carbocycles. The van der Waals surface area contributed by atoms with Gasteiger partial charge in [0.25, 0.3) is 0 Å². The number of carbonyl (C=O) groups excluding carboxylic acids is 1. The first-order valence-corrected chi connectivity index (χ1v) is 8.75. The molecule has 1 fully saturated rings. The largest absolute Gasteiger partial charge is 0.342 e. The van der Waals surface area contributed by atoms with Crippen LogP contribution in [0.25, 0.3) is 0 Å². The molecule has 0 unspecified atom stereocenters. The molecule has 3 heterocycles. The fourth-order valence-electron chi connectivity index (χ4n) is 3.69. The molecule has 0 radical (unpaired) electrons. The number of hydrogen-bond acceptors (Lipinski definition) is 4. The van der Waals surface area contributed by atoms with Gasteiger partial charge < -0.3 is 14.8 Å². The lowest BCUT2D eigenvalue weighted by molar-refractivity contribution is -0.131. The number of carbonyl (C=O) groups is 1. The number of piperidine rings is 1. The zero-order valence-corrected chi connectivity index (χ0v) is 15.0. The second-order valence-electron chi connectivity index (χ2n) is 6.62. The number of fused-ring (bicyclic) bond motifs is 1. The normalized spacial score (nSPS) is 17.7. The molecule has 4 rings (SSSR count). The molecule has 1 N–H and O–H groups in total. The topological polar surface area (TPSA) is 63.1 Å². The lowest BCUT2D eigenvalue weighted by Crippen LogP contribution is -2.39. The number of aromatic nitrogens is 3. The summed E-state index contributed by atoms with van der Waals surface area (Å²) in [5, 5.41) is 12.1. The van der Waals surface area contributed by atoms with Gasteiger partial charge in [0, 0.05) is 32.1 Å². The van der Waals surface area contributed by atoms with E-state index in [1.54, 1.807) is 0 Å². The highest BCUT2D eigenvalue weighted by molar-refractivity contribution is 5.85. The summed E-state index contributed by atoms with van der Waals surface area (Å²) in [5.41, 5.74) is 1.09. The molecule has 1 amide bonds. The Morgan fingerprint density at radius 2 is 1.88 bits per heavy atom. The van der Waals surface area contributed by atoms with Gasteiger partial charge in [-0.2, -0.15) is 0 Å². The van der Waals surface area contributed by atoms with Gasteiger partial charge in [-0.15, -0.1) is 22.6 Å². The van der Waals surface area contributed by atoms with Crippen molar-refractivity contribution in [2.24, 2.45) is 0 Å². The Hall–Kier alpha value is -1.92. The third-order valence-corrected chi connectivity index (χ3v) is 5.06. The van der Waals surface area contributed by atoms with Crippen LogP contribution in [-0.4, -0.2) is 45.2 Å². The molecule has 0 aliphatic carbocycles. The summed E-state index contributed by atoms with van der Waals surface area (Å²) < 4.78 is 2.27. The van der Waals surface area contributed by atoms with Crippen molar-refractivity contribution < 1.29 is 4.79 Å². The molecule has 2 aliphatic heterocycles. The number of nitrogens with one attached hydrogen (secondary N) is 1. The number of benzene rings is 1. The van der Waals surface area contributed by atoms with Gasteiger partial charge in [0.05, 0.1) is 13.0 Å². The smallest absolute Gasteiger partial charge is 0.226 e. The SMILES string of the molecule is Cl.O=C(Cc1ccccc1)N1CCC(c2nnc3n2CCNC3)CC1. The highest BCUT2D eigenvalue weighted by Gasteiger charge is 2.28. The predicted molar refractivity (Wildman–Crippen MR) is 97.7 cm³/mol. The van der Waals surface area contributed by atoms with Crippen LogP contribution in [0.2, 0.25) is 0 Å². The lowest BCUT2D eigenvalue weighted by atomic mass is 9.95. The minimum absolute atomic E-state index is 0. The van der Waals surface area contributed by atoms with Crippen molar-refractivity contribution in [1.82, 2.24) is 25.0 Å². The Morgan fingerprint density at radius 3 is 2.64 bits per heavy atom. The summed E-state index contributed by atoms with van der Waals surface area (Å²) in [5.74, 6) is 2.80. The zero-order chi connectivity index (χ0) is 16.4. The van der Waals surface area contributed by atoms with Crippen molar-refractivity contribution in [3.8, 4) is 0 Å². The fourth-order valence-corrected chi connectivity index (χ4v) is 3.69. The summed E-state index contributed by atoms with van der Waals surface area (Å²) >= 11 is 0. The van der Waals surface area contributed by atoms with Gasteiger partial charge in [0.2, 0.25) is 5.91 Å². The van der Waals surface area contributed by atoms with E-state index in [2.05, 4.69) is 20.1 Å². The Labute approximate surface area is 154 Å². The van der Waals surface area contributed by atoms with E-state index in [0.29, 0.717) is 12.3 Å². The lowest BCUT2D eigenvalue weighted by Gasteiger charge is -2.32. The second-order valence-corrected chi connectivity index (χ2v) is 6.62. The highest BCUT2D eigenvalue weighted by Crippen LogP contribution is 2.28. The molecule has 25 heavy (non-hydrogen) atoms. The Balaban J connectivity index is 0.00000182. The first kappa shape index (κ1) is 17.9. The van der Waals surface area contributed by atoms with Crippen LogP contribution < -0.4 is 5.32 Å². The molecule has 7 heteroatoms. The van der Waals surface area contributed by atoms with Gasteiger partial charge in [-0.25, -0.2) is 0 Å². The van der Waals surface area contributed by atoms with Crippen LogP contribution in [0.1, 0.15) is 36.0 Å². The van der Waals surface area contributed by atoms with Gasteiger partial charge in [-0.05, 0) is 18.4 Å². The van der Waals surface area contributed by atoms with Crippen LogP contribution in [0.15, 0.2) is 30.3 Å². The molecule has 134 valence electrons. The molecule has 1 saturated heterocycles. The number of likely N-dealkylation sites (tertiary alicyclic amines) is 1. The van der Waals surface area contributed by atoms with Crippen LogP contribution in [0.3, 0.4) is 0 Å². The number of rotatable bonds is 3. The zero-order valence-electron chi connectivity index (χ0n) is 14.2. The third kappa shape index (κ3) is 3.85. The quantitative estimate of drug-likeness (QED) is 0.904. The van der Waals surface area contributed by atoms with Crippen molar-refractivity contribution in [2.75, 3.05) is 19.6 Å². The minimum Gasteiger partial charge on any atom is -0.342 e. The van der Waals surface area contributed by atoms with E-state index in [9.17, 15) is 4.79 Å². The maximum Gasteiger partial charge on any atom is 0.226 e. The number of nitrogens with zero attached hydrogens (tertiary/aromatic N) is 4. The van der Waals surface area contributed by atoms with Gasteiger partial charge in [-0.3, -0.25) is 4.79 Å². The molecule has 6 nitrogen and oxygen atoms in total. The van der Waals surface area contributed by atoms with Crippen LogP contribution in [0.5, 0.6) is 0 Å². The monoisotopic (exact) mass is 361 g/mol. The fraction of sp³-hybridized carbons (Fsp3) is 0.500. The Kier molecular flexibility index (Phi) is 5.71. The summed E-state index contributed by atoms with van der Waals surface area (Å²) in [7, 11) is 0. The van der Waals surface area contributed by atoms with Crippen molar-refractivity contribution in [3.63, 3.8) is 0 Å². The van der Waals surface area contributed by atoms with Gasteiger partial charge >= 0.3 is 0 Å². The standard InChI is InChI=1S/C18H23N5O.ClH/c24-17(12-14-4-2-1-3-5-14)22-9-6-15(7-10-22)18-21-20-16-13-19-8-11-23(16)18;/h1-5,15,19H,6-13H2;1H. The molecule has 2 aromatic rings. The molecular formula is C18H24ClN5O. The molecular weight excluding hydrogens is 338 g/mol. The van der Waals surface area contributed by atoms with Gasteiger partial charge in [0.1, 0.15) is 11.6 Å². The Morgan fingerprint density at radius 1 is 1.12 bits per heavy atom. The van der Waals surface area contributed by atoms with E-state index < -0.39 is 0 Å². The second kappa shape index (κ2) is 7.97. The van der Waals surface area contributed by atoms with E-state index in [0.717, 1.165) is 62.8 Å². The average Bonchev–Trinajstić information content (AvgIpc) is 3.07. The van der Waals surface area contributed by atoms with Crippen molar-refractivity contribution >= 4 is 18.3 Å². The van der Waals surface area contributed by atoms with Crippen LogP contribution in [-0.2, 0) is 24.3 Å². The molecule has 0 saturated carbocycles. The average molecular weight is 362 g/mol. The molecule has 2 aliphatic rings. The maximum atomic E-state index is 12.5. The van der Waals surface area contributed by atoms with E-state index in [4.69, 9.17) is 0 Å². The summed E-state index contributed by atoms with van der Waals surface area (Å²) in [4.78, 5) is 14.5. The molecule has 0 spiro atoms. The van der Waals surface area contributed by atoms with Crippen LogP contribution in [0.4, 0.5) is 0 Å². The van der Waals surface area contributed by atoms with E-state index in [1.165, 1.54) is 0 Å². The summed E-state index contributed by atoms with van der Waals surface area (Å²) in [6.45, 7) is 4.37. The predicted octanol–water partition coefficient (Wildman–Crippen LogP) is 1.75. The molecule has 0 atom stereocenters. The first-order valence-electron chi connectivity index (χ1n) is 8.75. The van der Waals surface area contributed by atoms with E-state index >= 15 is 0 Å². The highest BCUT2D eigenvalue weighted by atomic mass is 35.5.